The van der Waals surface area contributed by atoms with Crippen LogP contribution in [0.5, 0.6) is 0 Å². The smallest absolute Gasteiger partial charge is 0.462 e. The topological polar surface area (TPSA) is 237 Å². The highest BCUT2D eigenvalue weighted by Crippen LogP contribution is 2.45. The van der Waals surface area contributed by atoms with Gasteiger partial charge >= 0.3 is 39.5 Å². The summed E-state index contributed by atoms with van der Waals surface area (Å²) in [5.41, 5.74) is 0. The number of aliphatic hydroxyl groups excluding tert-OH is 1. The minimum Gasteiger partial charge on any atom is -0.462 e. The van der Waals surface area contributed by atoms with Gasteiger partial charge in [0, 0.05) is 25.7 Å². The number of hydrogen-bond acceptors (Lipinski definition) is 15. The van der Waals surface area contributed by atoms with Crippen molar-refractivity contribution >= 4 is 39.5 Å². The zero-order valence-corrected chi connectivity index (χ0v) is 57.4. The highest BCUT2D eigenvalue weighted by Gasteiger charge is 2.30. The van der Waals surface area contributed by atoms with Crippen molar-refractivity contribution in [2.24, 2.45) is 11.8 Å². The Kier molecular flexibility index (Phi) is 58.0. The number of phosphoric ester groups is 2. The number of ether oxygens (including phenoxy) is 4. The van der Waals surface area contributed by atoms with E-state index in [0.717, 1.165) is 102 Å². The quantitative estimate of drug-likeness (QED) is 0.0222. The monoisotopic (exact) mass is 1270 g/mol. The minimum absolute atomic E-state index is 0.101. The Balaban J connectivity index is 5.11. The van der Waals surface area contributed by atoms with Crippen molar-refractivity contribution in [3.05, 3.63) is 0 Å². The van der Waals surface area contributed by atoms with Crippen molar-refractivity contribution in [2.75, 3.05) is 39.6 Å². The van der Waals surface area contributed by atoms with E-state index in [4.69, 9.17) is 37.0 Å². The molecule has 510 valence electrons. The molecule has 0 radical (unpaired) electrons. The van der Waals surface area contributed by atoms with Gasteiger partial charge in [0.15, 0.2) is 12.2 Å². The fourth-order valence-electron chi connectivity index (χ4n) is 10.1. The third-order valence-electron chi connectivity index (χ3n) is 15.5. The largest absolute Gasteiger partial charge is 0.472 e. The van der Waals surface area contributed by atoms with Crippen LogP contribution in [0, 0.1) is 11.8 Å². The zero-order valence-electron chi connectivity index (χ0n) is 55.6. The molecule has 0 fully saturated rings. The summed E-state index contributed by atoms with van der Waals surface area (Å²) in [5, 5.41) is 10.5. The van der Waals surface area contributed by atoms with Crippen molar-refractivity contribution in [1.29, 1.82) is 0 Å². The number of phosphoric acid groups is 2. The lowest BCUT2D eigenvalue weighted by molar-refractivity contribution is -0.161. The van der Waals surface area contributed by atoms with Crippen LogP contribution in [0.3, 0.4) is 0 Å². The van der Waals surface area contributed by atoms with Crippen LogP contribution < -0.4 is 0 Å². The van der Waals surface area contributed by atoms with E-state index in [9.17, 15) is 43.2 Å². The van der Waals surface area contributed by atoms with Gasteiger partial charge in [0.05, 0.1) is 26.4 Å². The van der Waals surface area contributed by atoms with Gasteiger partial charge in [-0.15, -0.1) is 0 Å². The first-order valence-corrected chi connectivity index (χ1v) is 38.0. The standard InChI is InChI=1S/C67H130O17P2/c1-7-9-11-13-14-15-16-17-18-19-20-21-22-23-24-25-28-32-39-45-51-66(71)83-63(56-78-65(70)50-44-38-31-29-26-27-30-36-41-47-59(3)4)58-82-86(75,76)80-54-61(68)53-79-85(73,74)81-57-62(55-77-64(69)49-43-35-12-10-8-2)84-67(72)52-46-40-34-33-37-42-48-60(5)6/h59-63,68H,7-58H2,1-6H3,(H,73,74)(H,75,76)/t61-,62+,63+/m0/s1. The number of hydrogen-bond donors (Lipinski definition) is 3. The molecule has 0 heterocycles. The Morgan fingerprint density at radius 1 is 0.314 bits per heavy atom. The molecule has 3 N–H and O–H groups in total. The van der Waals surface area contributed by atoms with E-state index in [-0.39, 0.29) is 25.7 Å². The summed E-state index contributed by atoms with van der Waals surface area (Å²) in [6.45, 7) is 9.31. The minimum atomic E-state index is -4.95. The molecule has 0 rings (SSSR count). The first-order valence-electron chi connectivity index (χ1n) is 35.0. The first-order chi connectivity index (χ1) is 41.4. The molecule has 5 atom stereocenters. The van der Waals surface area contributed by atoms with Crippen LogP contribution in [0.2, 0.25) is 0 Å². The van der Waals surface area contributed by atoms with Crippen LogP contribution in [0.4, 0.5) is 0 Å². The second-order valence-electron chi connectivity index (χ2n) is 25.2. The van der Waals surface area contributed by atoms with Gasteiger partial charge in [-0.2, -0.15) is 0 Å². The van der Waals surface area contributed by atoms with E-state index in [0.29, 0.717) is 31.6 Å². The summed E-state index contributed by atoms with van der Waals surface area (Å²) >= 11 is 0. The van der Waals surface area contributed by atoms with E-state index in [1.807, 2.05) is 0 Å². The molecule has 19 heteroatoms. The molecule has 0 bridgehead atoms. The molecule has 0 aliphatic heterocycles. The molecular formula is C67H130O17P2. The Labute approximate surface area is 524 Å². The van der Waals surface area contributed by atoms with E-state index in [1.54, 1.807) is 0 Å². The zero-order chi connectivity index (χ0) is 63.6. The van der Waals surface area contributed by atoms with Crippen LogP contribution in [-0.2, 0) is 65.4 Å². The maximum Gasteiger partial charge on any atom is 0.472 e. The molecule has 0 aromatic heterocycles. The lowest BCUT2D eigenvalue weighted by Gasteiger charge is -2.21. The van der Waals surface area contributed by atoms with Crippen LogP contribution in [0.15, 0.2) is 0 Å². The van der Waals surface area contributed by atoms with E-state index < -0.39 is 97.5 Å². The lowest BCUT2D eigenvalue weighted by atomic mass is 10.0. The van der Waals surface area contributed by atoms with Gasteiger partial charge in [-0.05, 0) is 37.5 Å². The SMILES string of the molecule is CCCCCCCCCCCCCCCCCCCCCCC(=O)O[C@H](COC(=O)CCCCCCCCCCCC(C)C)COP(=O)(O)OC[C@@H](O)COP(=O)(O)OC[C@@H](COC(=O)CCCCCCC)OC(=O)CCCCCCCCC(C)C. The molecule has 17 nitrogen and oxygen atoms in total. The second-order valence-corrected chi connectivity index (χ2v) is 28.1. The number of aliphatic hydroxyl groups is 1. The molecular weight excluding hydrogens is 1140 g/mol. The Morgan fingerprint density at radius 3 is 0.791 bits per heavy atom. The maximum absolute atomic E-state index is 13.0. The third kappa shape index (κ3) is 60.9. The van der Waals surface area contributed by atoms with Gasteiger partial charge in [0.25, 0.3) is 0 Å². The average molecular weight is 1270 g/mol. The van der Waals surface area contributed by atoms with Crippen molar-refractivity contribution in [3.8, 4) is 0 Å². The summed E-state index contributed by atoms with van der Waals surface area (Å²) in [6.07, 6.45) is 43.8. The second kappa shape index (κ2) is 59.4. The van der Waals surface area contributed by atoms with Crippen LogP contribution >= 0.6 is 15.6 Å². The average Bonchev–Trinajstić information content (AvgIpc) is 3.53. The van der Waals surface area contributed by atoms with Gasteiger partial charge in [0.2, 0.25) is 0 Å². The summed E-state index contributed by atoms with van der Waals surface area (Å²) < 4.78 is 67.9. The Hall–Kier alpha value is -1.94. The fraction of sp³-hybridized carbons (Fsp3) is 0.940. The van der Waals surface area contributed by atoms with Crippen molar-refractivity contribution in [1.82, 2.24) is 0 Å². The van der Waals surface area contributed by atoms with Crippen LogP contribution in [0.1, 0.15) is 337 Å². The molecule has 0 aliphatic carbocycles. The highest BCUT2D eigenvalue weighted by molar-refractivity contribution is 7.47. The van der Waals surface area contributed by atoms with Crippen molar-refractivity contribution in [3.63, 3.8) is 0 Å². The Bertz CT molecular complexity index is 1680. The predicted molar refractivity (Wildman–Crippen MR) is 345 cm³/mol. The summed E-state index contributed by atoms with van der Waals surface area (Å²) in [7, 11) is -9.88. The van der Waals surface area contributed by atoms with E-state index in [2.05, 4.69) is 41.5 Å². The summed E-state index contributed by atoms with van der Waals surface area (Å²) in [6, 6.07) is 0. The molecule has 0 saturated heterocycles. The molecule has 0 spiro atoms. The number of esters is 4. The third-order valence-corrected chi connectivity index (χ3v) is 17.4. The van der Waals surface area contributed by atoms with Gasteiger partial charge in [0.1, 0.15) is 19.3 Å². The van der Waals surface area contributed by atoms with Crippen molar-refractivity contribution in [2.45, 2.75) is 355 Å². The number of carbonyl (C=O) groups is 4. The van der Waals surface area contributed by atoms with Crippen LogP contribution in [0.25, 0.3) is 0 Å². The predicted octanol–water partition coefficient (Wildman–Crippen LogP) is 18.8. The van der Waals surface area contributed by atoms with E-state index >= 15 is 0 Å². The normalized spacial score (nSPS) is 14.2. The van der Waals surface area contributed by atoms with Gasteiger partial charge in [-0.3, -0.25) is 37.3 Å². The van der Waals surface area contributed by atoms with Crippen LogP contribution in [-0.4, -0.2) is 96.7 Å². The molecule has 0 aliphatic rings. The van der Waals surface area contributed by atoms with Gasteiger partial charge in [-0.25, -0.2) is 9.13 Å². The van der Waals surface area contributed by atoms with Crippen molar-refractivity contribution < 1.29 is 80.2 Å². The number of unbranched alkanes of at least 4 members (excludes halogenated alkanes) is 36. The summed E-state index contributed by atoms with van der Waals surface area (Å²) in [5.74, 6) is -0.732. The molecule has 0 amide bonds. The molecule has 0 saturated carbocycles. The highest BCUT2D eigenvalue weighted by atomic mass is 31.2. The van der Waals surface area contributed by atoms with Gasteiger partial charge < -0.3 is 33.8 Å². The van der Waals surface area contributed by atoms with Gasteiger partial charge in [-0.1, -0.05) is 286 Å². The molecule has 0 aromatic carbocycles. The van der Waals surface area contributed by atoms with E-state index in [1.165, 1.54) is 148 Å². The summed E-state index contributed by atoms with van der Waals surface area (Å²) in [4.78, 5) is 72.0. The first kappa shape index (κ1) is 84.1. The molecule has 86 heavy (non-hydrogen) atoms. The number of carbonyl (C=O) groups excluding carboxylic acids is 4. The molecule has 0 aromatic rings. The Morgan fingerprint density at radius 2 is 0.535 bits per heavy atom. The maximum atomic E-state index is 13.0. The fourth-order valence-corrected chi connectivity index (χ4v) is 11.6. The molecule has 2 unspecified atom stereocenters. The number of rotatable bonds is 66. The lowest BCUT2D eigenvalue weighted by Crippen LogP contribution is -2.30.